The highest BCUT2D eigenvalue weighted by atomic mass is 16.6. The second-order valence-corrected chi connectivity index (χ2v) is 5.85. The number of aryl methyl sites for hydroxylation is 1. The summed E-state index contributed by atoms with van der Waals surface area (Å²) in [4.78, 5) is 22.6. The number of nitro benzene ring substituents is 1. The summed E-state index contributed by atoms with van der Waals surface area (Å²) in [5, 5.41) is 11.1. The van der Waals surface area contributed by atoms with Gasteiger partial charge in [-0.1, -0.05) is 54.6 Å². The van der Waals surface area contributed by atoms with E-state index < -0.39 is 10.9 Å². The Kier molecular flexibility index (Phi) is 5.47. The average molecular weight is 363 g/mol. The highest BCUT2D eigenvalue weighted by Gasteiger charge is 2.18. The molecule has 0 N–H and O–H groups in total. The largest absolute Gasteiger partial charge is 0.481 e. The van der Waals surface area contributed by atoms with Crippen LogP contribution in [0.3, 0.4) is 0 Å². The van der Waals surface area contributed by atoms with Crippen LogP contribution in [0.15, 0.2) is 72.8 Å². The SMILES string of the molecule is Cc1ccc([N+](=O)[O-])c(OC(=O)COc2ccccc2-c2ccccc2)c1. The van der Waals surface area contributed by atoms with Crippen molar-refractivity contribution in [1.29, 1.82) is 0 Å². The van der Waals surface area contributed by atoms with Crippen molar-refractivity contribution in [2.24, 2.45) is 0 Å². The fraction of sp³-hybridized carbons (Fsp3) is 0.0952. The number of hydrogen-bond donors (Lipinski definition) is 0. The van der Waals surface area contributed by atoms with E-state index in [0.717, 1.165) is 16.7 Å². The summed E-state index contributed by atoms with van der Waals surface area (Å²) in [5.74, 6) is -0.282. The summed E-state index contributed by atoms with van der Waals surface area (Å²) >= 11 is 0. The molecule has 3 rings (SSSR count). The van der Waals surface area contributed by atoms with E-state index in [4.69, 9.17) is 9.47 Å². The van der Waals surface area contributed by atoms with Crippen molar-refractivity contribution < 1.29 is 19.2 Å². The summed E-state index contributed by atoms with van der Waals surface area (Å²) in [6.07, 6.45) is 0. The summed E-state index contributed by atoms with van der Waals surface area (Å²) in [7, 11) is 0. The third kappa shape index (κ3) is 4.49. The van der Waals surface area contributed by atoms with E-state index in [0.29, 0.717) is 5.75 Å². The predicted octanol–water partition coefficient (Wildman–Crippen LogP) is 4.55. The number of para-hydroxylation sites is 1. The Morgan fingerprint density at radius 2 is 1.67 bits per heavy atom. The van der Waals surface area contributed by atoms with Gasteiger partial charge >= 0.3 is 11.7 Å². The standard InChI is InChI=1S/C21H17NO5/c1-15-11-12-18(22(24)25)20(13-15)27-21(23)14-26-19-10-6-5-9-17(19)16-7-3-2-4-8-16/h2-13H,14H2,1H3. The van der Waals surface area contributed by atoms with Crippen LogP contribution in [0, 0.1) is 17.0 Å². The smallest absolute Gasteiger partial charge is 0.349 e. The first kappa shape index (κ1) is 18.1. The fourth-order valence-electron chi connectivity index (χ4n) is 2.59. The second kappa shape index (κ2) is 8.14. The van der Waals surface area contributed by atoms with Crippen LogP contribution in [0.2, 0.25) is 0 Å². The first-order chi connectivity index (χ1) is 13.0. The number of carbonyl (C=O) groups is 1. The zero-order valence-electron chi connectivity index (χ0n) is 14.6. The predicted molar refractivity (Wildman–Crippen MR) is 101 cm³/mol. The van der Waals surface area contributed by atoms with Crippen molar-refractivity contribution in [3.05, 3.63) is 88.5 Å². The van der Waals surface area contributed by atoms with Gasteiger partial charge in [0.2, 0.25) is 5.75 Å². The molecule has 0 saturated carbocycles. The van der Waals surface area contributed by atoms with Crippen LogP contribution >= 0.6 is 0 Å². The molecular weight excluding hydrogens is 346 g/mol. The van der Waals surface area contributed by atoms with Gasteiger partial charge in [0.15, 0.2) is 6.61 Å². The molecule has 0 aliphatic heterocycles. The lowest BCUT2D eigenvalue weighted by atomic mass is 10.1. The summed E-state index contributed by atoms with van der Waals surface area (Å²) in [6.45, 7) is 1.39. The maximum absolute atomic E-state index is 12.1. The minimum Gasteiger partial charge on any atom is -0.481 e. The second-order valence-electron chi connectivity index (χ2n) is 5.85. The Labute approximate surface area is 156 Å². The summed E-state index contributed by atoms with van der Waals surface area (Å²) in [5.41, 5.74) is 2.28. The molecule has 0 spiro atoms. The van der Waals surface area contributed by atoms with Gasteiger partial charge in [-0.3, -0.25) is 10.1 Å². The monoisotopic (exact) mass is 363 g/mol. The molecule has 27 heavy (non-hydrogen) atoms. The van der Waals surface area contributed by atoms with Crippen LogP contribution in [0.4, 0.5) is 5.69 Å². The molecule has 136 valence electrons. The van der Waals surface area contributed by atoms with Gasteiger partial charge in [-0.25, -0.2) is 4.79 Å². The third-order valence-corrected chi connectivity index (χ3v) is 3.85. The molecule has 0 amide bonds. The van der Waals surface area contributed by atoms with E-state index in [2.05, 4.69) is 0 Å². The number of esters is 1. The molecule has 0 aliphatic carbocycles. The number of carbonyl (C=O) groups excluding carboxylic acids is 1. The lowest BCUT2D eigenvalue weighted by Gasteiger charge is -2.11. The van der Waals surface area contributed by atoms with Gasteiger partial charge in [0.1, 0.15) is 5.75 Å². The van der Waals surface area contributed by atoms with Crippen LogP contribution in [0.1, 0.15) is 5.56 Å². The number of hydrogen-bond acceptors (Lipinski definition) is 5. The molecule has 0 atom stereocenters. The highest BCUT2D eigenvalue weighted by Crippen LogP contribution is 2.30. The van der Waals surface area contributed by atoms with Crippen molar-refractivity contribution in [2.75, 3.05) is 6.61 Å². The Morgan fingerprint density at radius 3 is 2.41 bits per heavy atom. The van der Waals surface area contributed by atoms with Crippen LogP contribution in [0.25, 0.3) is 11.1 Å². The van der Waals surface area contributed by atoms with Crippen molar-refractivity contribution in [3.8, 4) is 22.6 Å². The summed E-state index contributed by atoms with van der Waals surface area (Å²) < 4.78 is 10.8. The molecule has 3 aromatic carbocycles. The van der Waals surface area contributed by atoms with Gasteiger partial charge in [0.25, 0.3) is 0 Å². The topological polar surface area (TPSA) is 78.7 Å². The van der Waals surface area contributed by atoms with Crippen molar-refractivity contribution in [2.45, 2.75) is 6.92 Å². The Balaban J connectivity index is 1.73. The third-order valence-electron chi connectivity index (χ3n) is 3.85. The van der Waals surface area contributed by atoms with Gasteiger partial charge in [-0.2, -0.15) is 0 Å². The molecule has 0 unspecified atom stereocenters. The minimum atomic E-state index is -0.716. The van der Waals surface area contributed by atoms with Gasteiger partial charge < -0.3 is 9.47 Å². The van der Waals surface area contributed by atoms with Crippen LogP contribution in [0.5, 0.6) is 11.5 Å². The van der Waals surface area contributed by atoms with Crippen LogP contribution < -0.4 is 9.47 Å². The molecule has 0 saturated heterocycles. The van der Waals surface area contributed by atoms with Gasteiger partial charge in [-0.05, 0) is 30.2 Å². The van der Waals surface area contributed by atoms with E-state index in [1.807, 2.05) is 42.5 Å². The number of rotatable bonds is 6. The molecular formula is C21H17NO5. The molecule has 3 aromatic rings. The van der Waals surface area contributed by atoms with Crippen LogP contribution in [-0.2, 0) is 4.79 Å². The maximum Gasteiger partial charge on any atom is 0.349 e. The van der Waals surface area contributed by atoms with E-state index in [9.17, 15) is 14.9 Å². The highest BCUT2D eigenvalue weighted by molar-refractivity contribution is 5.76. The summed E-state index contributed by atoms with van der Waals surface area (Å²) in [6, 6.07) is 21.3. The number of ether oxygens (including phenoxy) is 2. The quantitative estimate of drug-likeness (QED) is 0.278. The first-order valence-corrected chi connectivity index (χ1v) is 8.27. The minimum absolute atomic E-state index is 0.0926. The molecule has 0 bridgehead atoms. The van der Waals surface area contributed by atoms with Gasteiger partial charge in [0, 0.05) is 11.6 Å². The fourth-order valence-corrected chi connectivity index (χ4v) is 2.59. The molecule has 0 aromatic heterocycles. The van der Waals surface area contributed by atoms with E-state index in [1.54, 1.807) is 25.1 Å². The average Bonchev–Trinajstić information content (AvgIpc) is 2.67. The maximum atomic E-state index is 12.1. The molecule has 6 nitrogen and oxygen atoms in total. The Hall–Kier alpha value is -3.67. The number of benzene rings is 3. The zero-order chi connectivity index (χ0) is 19.2. The van der Waals surface area contributed by atoms with Gasteiger partial charge in [0.05, 0.1) is 4.92 Å². The van der Waals surface area contributed by atoms with Gasteiger partial charge in [-0.15, -0.1) is 0 Å². The van der Waals surface area contributed by atoms with Crippen molar-refractivity contribution >= 4 is 11.7 Å². The van der Waals surface area contributed by atoms with E-state index in [1.165, 1.54) is 12.1 Å². The van der Waals surface area contributed by atoms with Crippen molar-refractivity contribution in [1.82, 2.24) is 0 Å². The Morgan fingerprint density at radius 1 is 0.963 bits per heavy atom. The molecule has 0 radical (unpaired) electrons. The lowest BCUT2D eigenvalue weighted by molar-refractivity contribution is -0.385. The number of nitro groups is 1. The van der Waals surface area contributed by atoms with E-state index >= 15 is 0 Å². The van der Waals surface area contributed by atoms with Crippen LogP contribution in [-0.4, -0.2) is 17.5 Å². The van der Waals surface area contributed by atoms with Crippen molar-refractivity contribution in [3.63, 3.8) is 0 Å². The molecule has 0 aliphatic rings. The molecule has 0 fully saturated rings. The lowest BCUT2D eigenvalue weighted by Crippen LogP contribution is -2.18. The molecule has 6 heteroatoms. The zero-order valence-corrected chi connectivity index (χ0v) is 14.6. The van der Waals surface area contributed by atoms with E-state index in [-0.39, 0.29) is 18.0 Å². The number of nitrogens with zero attached hydrogens (tertiary/aromatic N) is 1. The Bertz CT molecular complexity index is 969. The normalized spacial score (nSPS) is 10.3. The first-order valence-electron chi connectivity index (χ1n) is 8.27. The molecule has 0 heterocycles.